The summed E-state index contributed by atoms with van der Waals surface area (Å²) in [5.74, 6) is 1.43. The van der Waals surface area contributed by atoms with E-state index in [2.05, 4.69) is 19.1 Å². The molecule has 0 amide bonds. The molecule has 1 aromatic carbocycles. The molecule has 1 rings (SSSR count). The van der Waals surface area contributed by atoms with Crippen molar-refractivity contribution in [2.75, 3.05) is 12.5 Å². The van der Waals surface area contributed by atoms with E-state index in [4.69, 9.17) is 16.3 Å². The van der Waals surface area contributed by atoms with Crippen molar-refractivity contribution >= 4 is 11.6 Å². The van der Waals surface area contributed by atoms with Crippen molar-refractivity contribution in [3.8, 4) is 0 Å². The van der Waals surface area contributed by atoms with Gasteiger partial charge in [-0.1, -0.05) is 43.7 Å². The summed E-state index contributed by atoms with van der Waals surface area (Å²) in [6.45, 7) is 3.75. The maximum atomic E-state index is 5.84. The third-order valence-electron chi connectivity index (χ3n) is 2.81. The maximum Gasteiger partial charge on any atom is 0.0716 e. The highest BCUT2D eigenvalue weighted by atomic mass is 35.5. The first-order chi connectivity index (χ1) is 7.86. The highest BCUT2D eigenvalue weighted by Gasteiger charge is 2.03. The Bertz CT molecular complexity index is 257. The van der Waals surface area contributed by atoms with Crippen LogP contribution in [0.2, 0.25) is 0 Å². The van der Waals surface area contributed by atoms with Gasteiger partial charge in [-0.05, 0) is 24.3 Å². The smallest absolute Gasteiger partial charge is 0.0716 e. The highest BCUT2D eigenvalue weighted by Crippen LogP contribution is 2.12. The van der Waals surface area contributed by atoms with E-state index in [-0.39, 0.29) is 0 Å². The second-order valence-electron chi connectivity index (χ2n) is 4.11. The van der Waals surface area contributed by atoms with Crippen LogP contribution in [-0.4, -0.2) is 12.5 Å². The molecular weight excluding hydrogens is 220 g/mol. The molecule has 0 spiro atoms. The van der Waals surface area contributed by atoms with Crippen molar-refractivity contribution in [3.05, 3.63) is 35.9 Å². The first-order valence-corrected chi connectivity index (χ1v) is 6.58. The van der Waals surface area contributed by atoms with Crippen molar-refractivity contribution in [1.29, 1.82) is 0 Å². The minimum atomic E-state index is 0.655. The zero-order valence-corrected chi connectivity index (χ0v) is 10.7. The zero-order valence-electron chi connectivity index (χ0n) is 9.99. The summed E-state index contributed by atoms with van der Waals surface area (Å²) >= 11 is 5.84. The number of alkyl halides is 1. The minimum Gasteiger partial charge on any atom is -0.377 e. The zero-order chi connectivity index (χ0) is 11.6. The number of hydrogen-bond donors (Lipinski definition) is 0. The molecular formula is C14H21ClO. The van der Waals surface area contributed by atoms with E-state index in [1.807, 2.05) is 18.2 Å². The molecule has 0 saturated heterocycles. The summed E-state index contributed by atoms with van der Waals surface area (Å²) in [6.07, 6.45) is 3.45. The number of benzene rings is 1. The fourth-order valence-corrected chi connectivity index (χ4v) is 2.00. The minimum absolute atomic E-state index is 0.655. The summed E-state index contributed by atoms with van der Waals surface area (Å²) in [6, 6.07) is 10.3. The molecule has 0 bridgehead atoms. The van der Waals surface area contributed by atoms with Gasteiger partial charge in [0.15, 0.2) is 0 Å². The molecule has 1 atom stereocenters. The van der Waals surface area contributed by atoms with E-state index < -0.39 is 0 Å². The van der Waals surface area contributed by atoms with Gasteiger partial charge >= 0.3 is 0 Å². The Hall–Kier alpha value is -0.530. The van der Waals surface area contributed by atoms with Gasteiger partial charge in [-0.25, -0.2) is 0 Å². The molecule has 0 aromatic heterocycles. The van der Waals surface area contributed by atoms with Crippen molar-refractivity contribution < 1.29 is 4.74 Å². The molecule has 0 fully saturated rings. The fourth-order valence-electron chi connectivity index (χ4n) is 1.63. The summed E-state index contributed by atoms with van der Waals surface area (Å²) in [4.78, 5) is 0. The molecule has 2 heteroatoms. The Labute approximate surface area is 104 Å². The van der Waals surface area contributed by atoms with Crippen LogP contribution in [0.5, 0.6) is 0 Å². The molecule has 1 nitrogen and oxygen atoms in total. The number of hydrogen-bond acceptors (Lipinski definition) is 1. The van der Waals surface area contributed by atoms with Crippen LogP contribution in [0.25, 0.3) is 0 Å². The van der Waals surface area contributed by atoms with Crippen LogP contribution < -0.4 is 0 Å². The third kappa shape index (κ3) is 5.53. The lowest BCUT2D eigenvalue weighted by Crippen LogP contribution is -2.03. The number of rotatable bonds is 8. The standard InChI is InChI=1S/C14H21ClO/c1-2-13(11-15)9-6-10-16-12-14-7-4-3-5-8-14/h3-5,7-8,13H,2,6,9-12H2,1H3. The maximum absolute atomic E-state index is 5.84. The fraction of sp³-hybridized carbons (Fsp3) is 0.571. The molecule has 0 aliphatic heterocycles. The van der Waals surface area contributed by atoms with Gasteiger partial charge < -0.3 is 4.74 Å². The Morgan fingerprint density at radius 3 is 2.62 bits per heavy atom. The average molecular weight is 241 g/mol. The van der Waals surface area contributed by atoms with E-state index in [0.29, 0.717) is 5.92 Å². The first kappa shape index (κ1) is 13.5. The van der Waals surface area contributed by atoms with Gasteiger partial charge in [-0.2, -0.15) is 0 Å². The van der Waals surface area contributed by atoms with Gasteiger partial charge in [-0.3, -0.25) is 0 Å². The molecule has 90 valence electrons. The molecule has 0 saturated carbocycles. The van der Waals surface area contributed by atoms with E-state index in [0.717, 1.165) is 25.5 Å². The van der Waals surface area contributed by atoms with Crippen LogP contribution in [-0.2, 0) is 11.3 Å². The predicted octanol–water partition coefficient (Wildman–Crippen LogP) is 4.25. The van der Waals surface area contributed by atoms with Crippen LogP contribution >= 0.6 is 11.6 Å². The van der Waals surface area contributed by atoms with Crippen LogP contribution in [0.3, 0.4) is 0 Å². The van der Waals surface area contributed by atoms with Gasteiger partial charge in [-0.15, -0.1) is 11.6 Å². The van der Waals surface area contributed by atoms with Crippen LogP contribution in [0, 0.1) is 5.92 Å². The molecule has 0 aliphatic rings. The van der Waals surface area contributed by atoms with Crippen LogP contribution in [0.15, 0.2) is 30.3 Å². The van der Waals surface area contributed by atoms with Crippen molar-refractivity contribution in [3.63, 3.8) is 0 Å². The predicted molar refractivity (Wildman–Crippen MR) is 69.8 cm³/mol. The van der Waals surface area contributed by atoms with Gasteiger partial charge in [0.2, 0.25) is 0 Å². The van der Waals surface area contributed by atoms with Crippen molar-refractivity contribution in [2.45, 2.75) is 32.8 Å². The number of ether oxygens (including phenoxy) is 1. The van der Waals surface area contributed by atoms with Crippen LogP contribution in [0.4, 0.5) is 0 Å². The largest absolute Gasteiger partial charge is 0.377 e. The number of halogens is 1. The lowest BCUT2D eigenvalue weighted by atomic mass is 10.0. The monoisotopic (exact) mass is 240 g/mol. The van der Waals surface area contributed by atoms with Gasteiger partial charge in [0.05, 0.1) is 6.61 Å². The summed E-state index contributed by atoms with van der Waals surface area (Å²) in [5, 5.41) is 0. The SMILES string of the molecule is CCC(CCl)CCCOCc1ccccc1. The van der Waals surface area contributed by atoms with E-state index in [1.54, 1.807) is 0 Å². The second-order valence-corrected chi connectivity index (χ2v) is 4.42. The Kier molecular flexibility index (Phi) is 7.28. The lowest BCUT2D eigenvalue weighted by molar-refractivity contribution is 0.114. The molecule has 16 heavy (non-hydrogen) atoms. The molecule has 0 N–H and O–H groups in total. The highest BCUT2D eigenvalue weighted by molar-refractivity contribution is 6.18. The second kappa shape index (κ2) is 8.60. The first-order valence-electron chi connectivity index (χ1n) is 6.04. The van der Waals surface area contributed by atoms with E-state index in [9.17, 15) is 0 Å². The summed E-state index contributed by atoms with van der Waals surface area (Å²) in [7, 11) is 0. The van der Waals surface area contributed by atoms with Gasteiger partial charge in [0.25, 0.3) is 0 Å². The molecule has 0 heterocycles. The molecule has 1 aromatic rings. The van der Waals surface area contributed by atoms with E-state index in [1.165, 1.54) is 18.4 Å². The molecule has 0 aliphatic carbocycles. The Balaban J connectivity index is 2.04. The lowest BCUT2D eigenvalue weighted by Gasteiger charge is -2.10. The normalized spacial score (nSPS) is 12.6. The summed E-state index contributed by atoms with van der Waals surface area (Å²) in [5.41, 5.74) is 1.24. The molecule has 0 radical (unpaired) electrons. The van der Waals surface area contributed by atoms with Gasteiger partial charge in [0, 0.05) is 12.5 Å². The van der Waals surface area contributed by atoms with Crippen molar-refractivity contribution in [1.82, 2.24) is 0 Å². The van der Waals surface area contributed by atoms with Crippen LogP contribution in [0.1, 0.15) is 31.7 Å². The van der Waals surface area contributed by atoms with Crippen molar-refractivity contribution in [2.24, 2.45) is 5.92 Å². The third-order valence-corrected chi connectivity index (χ3v) is 3.24. The topological polar surface area (TPSA) is 9.23 Å². The van der Waals surface area contributed by atoms with Gasteiger partial charge in [0.1, 0.15) is 0 Å². The quantitative estimate of drug-likeness (QED) is 0.488. The average Bonchev–Trinajstić information content (AvgIpc) is 2.35. The Morgan fingerprint density at radius 1 is 1.25 bits per heavy atom. The van der Waals surface area contributed by atoms with E-state index >= 15 is 0 Å². The molecule has 1 unspecified atom stereocenters. The summed E-state index contributed by atoms with van der Waals surface area (Å²) < 4.78 is 5.62. The Morgan fingerprint density at radius 2 is 2.00 bits per heavy atom.